The number of aliphatic hydroxyl groups is 1. The molecular formula is C12H15N3O. The van der Waals surface area contributed by atoms with E-state index < -0.39 is 0 Å². The molecule has 0 bridgehead atoms. The average molecular weight is 217 g/mol. The summed E-state index contributed by atoms with van der Waals surface area (Å²) in [6.45, 7) is 2.28. The van der Waals surface area contributed by atoms with Crippen LogP contribution < -0.4 is 5.73 Å². The Balaban J connectivity index is 2.57. The lowest BCUT2D eigenvalue weighted by Crippen LogP contribution is -2.19. The SMILES string of the molecule is Cc1nc2ccccc2nc1C(CN)CO. The highest BCUT2D eigenvalue weighted by molar-refractivity contribution is 5.74. The predicted molar refractivity (Wildman–Crippen MR) is 63.2 cm³/mol. The van der Waals surface area contributed by atoms with Crippen molar-refractivity contribution in [2.24, 2.45) is 5.73 Å². The molecule has 0 amide bonds. The highest BCUT2D eigenvalue weighted by Gasteiger charge is 2.14. The fourth-order valence-corrected chi connectivity index (χ4v) is 1.76. The zero-order valence-electron chi connectivity index (χ0n) is 9.22. The van der Waals surface area contributed by atoms with Crippen LogP contribution in [-0.2, 0) is 0 Å². The number of fused-ring (bicyclic) bond motifs is 1. The largest absolute Gasteiger partial charge is 0.396 e. The summed E-state index contributed by atoms with van der Waals surface area (Å²) < 4.78 is 0. The van der Waals surface area contributed by atoms with Crippen LogP contribution in [0.25, 0.3) is 11.0 Å². The molecule has 4 heteroatoms. The van der Waals surface area contributed by atoms with Crippen LogP contribution in [0.1, 0.15) is 17.3 Å². The van der Waals surface area contributed by atoms with Gasteiger partial charge in [0.1, 0.15) is 0 Å². The van der Waals surface area contributed by atoms with E-state index in [9.17, 15) is 5.11 Å². The van der Waals surface area contributed by atoms with Crippen molar-refractivity contribution in [3.05, 3.63) is 35.7 Å². The van der Waals surface area contributed by atoms with Crippen molar-refractivity contribution < 1.29 is 5.11 Å². The standard InChI is InChI=1S/C12H15N3O/c1-8-12(9(6-13)7-16)15-11-5-3-2-4-10(11)14-8/h2-5,9,16H,6-7,13H2,1H3. The molecule has 0 aliphatic carbocycles. The molecule has 16 heavy (non-hydrogen) atoms. The average Bonchev–Trinajstić information content (AvgIpc) is 2.31. The topological polar surface area (TPSA) is 72.0 Å². The number of nitrogens with zero attached hydrogens (tertiary/aromatic N) is 2. The summed E-state index contributed by atoms with van der Waals surface area (Å²) in [4.78, 5) is 8.98. The summed E-state index contributed by atoms with van der Waals surface area (Å²) in [6.07, 6.45) is 0. The van der Waals surface area contributed by atoms with E-state index in [1.54, 1.807) is 0 Å². The van der Waals surface area contributed by atoms with Crippen molar-refractivity contribution in [2.45, 2.75) is 12.8 Å². The maximum absolute atomic E-state index is 9.23. The van der Waals surface area contributed by atoms with Crippen LogP contribution >= 0.6 is 0 Å². The maximum atomic E-state index is 9.23. The number of nitrogens with two attached hydrogens (primary N) is 1. The van der Waals surface area contributed by atoms with Gasteiger partial charge in [-0.05, 0) is 19.1 Å². The Morgan fingerprint density at radius 1 is 1.25 bits per heavy atom. The Hall–Kier alpha value is -1.52. The number of rotatable bonds is 3. The molecule has 0 saturated heterocycles. The van der Waals surface area contributed by atoms with E-state index in [2.05, 4.69) is 9.97 Å². The van der Waals surface area contributed by atoms with Gasteiger partial charge >= 0.3 is 0 Å². The Bertz CT molecular complexity index is 495. The Kier molecular flexibility index (Phi) is 3.12. The number of hydrogen-bond acceptors (Lipinski definition) is 4. The lowest BCUT2D eigenvalue weighted by Gasteiger charge is -2.13. The molecule has 0 fully saturated rings. The monoisotopic (exact) mass is 217 g/mol. The Morgan fingerprint density at radius 3 is 2.44 bits per heavy atom. The molecule has 0 radical (unpaired) electrons. The quantitative estimate of drug-likeness (QED) is 0.803. The molecule has 1 atom stereocenters. The highest BCUT2D eigenvalue weighted by Crippen LogP contribution is 2.18. The van der Waals surface area contributed by atoms with Gasteiger partial charge in [-0.3, -0.25) is 0 Å². The third-order valence-electron chi connectivity index (χ3n) is 2.67. The molecule has 0 aliphatic heterocycles. The van der Waals surface area contributed by atoms with Gasteiger partial charge in [-0.25, -0.2) is 9.97 Å². The first-order valence-electron chi connectivity index (χ1n) is 5.30. The first-order chi connectivity index (χ1) is 7.76. The third-order valence-corrected chi connectivity index (χ3v) is 2.67. The van der Waals surface area contributed by atoms with Crippen LogP contribution in [0.4, 0.5) is 0 Å². The van der Waals surface area contributed by atoms with Crippen molar-refractivity contribution in [1.29, 1.82) is 0 Å². The van der Waals surface area contributed by atoms with E-state index in [4.69, 9.17) is 5.73 Å². The van der Waals surface area contributed by atoms with E-state index in [-0.39, 0.29) is 12.5 Å². The van der Waals surface area contributed by atoms with E-state index in [1.807, 2.05) is 31.2 Å². The first-order valence-corrected chi connectivity index (χ1v) is 5.30. The lowest BCUT2D eigenvalue weighted by atomic mass is 10.0. The van der Waals surface area contributed by atoms with Gasteiger partial charge in [0.2, 0.25) is 0 Å². The molecule has 1 heterocycles. The number of hydrogen-bond donors (Lipinski definition) is 2. The van der Waals surface area contributed by atoms with Gasteiger partial charge in [-0.1, -0.05) is 12.1 Å². The second kappa shape index (κ2) is 4.55. The van der Waals surface area contributed by atoms with Crippen LogP contribution in [-0.4, -0.2) is 28.2 Å². The summed E-state index contributed by atoms with van der Waals surface area (Å²) >= 11 is 0. The second-order valence-electron chi connectivity index (χ2n) is 3.80. The van der Waals surface area contributed by atoms with Crippen LogP contribution in [0.15, 0.2) is 24.3 Å². The lowest BCUT2D eigenvalue weighted by molar-refractivity contribution is 0.265. The number of aliphatic hydroxyl groups excluding tert-OH is 1. The van der Waals surface area contributed by atoms with Crippen molar-refractivity contribution in [2.75, 3.05) is 13.2 Å². The minimum atomic E-state index is -0.128. The summed E-state index contributed by atoms with van der Waals surface area (Å²) in [7, 11) is 0. The van der Waals surface area contributed by atoms with Crippen LogP contribution in [0, 0.1) is 6.92 Å². The molecule has 1 aromatic heterocycles. The Labute approximate surface area is 94.1 Å². The number of aryl methyl sites for hydroxylation is 1. The summed E-state index contributed by atoms with van der Waals surface area (Å²) in [5, 5.41) is 9.23. The molecule has 0 spiro atoms. The molecule has 3 N–H and O–H groups in total. The summed E-state index contributed by atoms with van der Waals surface area (Å²) in [6, 6.07) is 7.70. The van der Waals surface area contributed by atoms with E-state index >= 15 is 0 Å². The minimum Gasteiger partial charge on any atom is -0.396 e. The van der Waals surface area contributed by atoms with Gasteiger partial charge in [-0.2, -0.15) is 0 Å². The first kappa shape index (κ1) is 11.0. The summed E-state index contributed by atoms with van der Waals surface area (Å²) in [5.41, 5.74) is 8.95. The molecule has 4 nitrogen and oxygen atoms in total. The summed E-state index contributed by atoms with van der Waals surface area (Å²) in [5.74, 6) is -0.128. The smallest absolute Gasteiger partial charge is 0.0890 e. The van der Waals surface area contributed by atoms with E-state index in [0.29, 0.717) is 6.54 Å². The highest BCUT2D eigenvalue weighted by atomic mass is 16.3. The van der Waals surface area contributed by atoms with Gasteiger partial charge in [-0.15, -0.1) is 0 Å². The number of para-hydroxylation sites is 2. The molecule has 84 valence electrons. The van der Waals surface area contributed by atoms with Gasteiger partial charge < -0.3 is 10.8 Å². The molecule has 0 aliphatic rings. The molecule has 1 unspecified atom stereocenters. The number of aromatic nitrogens is 2. The van der Waals surface area contributed by atoms with Crippen molar-refractivity contribution in [3.63, 3.8) is 0 Å². The minimum absolute atomic E-state index is 0.00433. The fourth-order valence-electron chi connectivity index (χ4n) is 1.76. The van der Waals surface area contributed by atoms with Crippen molar-refractivity contribution in [3.8, 4) is 0 Å². The van der Waals surface area contributed by atoms with Gasteiger partial charge in [0.25, 0.3) is 0 Å². The molecule has 0 saturated carbocycles. The second-order valence-corrected chi connectivity index (χ2v) is 3.80. The molecular weight excluding hydrogens is 202 g/mol. The molecule has 2 rings (SSSR count). The number of benzene rings is 1. The van der Waals surface area contributed by atoms with Gasteiger partial charge in [0.05, 0.1) is 29.0 Å². The molecule has 2 aromatic rings. The van der Waals surface area contributed by atoms with E-state index in [0.717, 1.165) is 22.4 Å². The van der Waals surface area contributed by atoms with Crippen LogP contribution in [0.5, 0.6) is 0 Å². The predicted octanol–water partition coefficient (Wildman–Crippen LogP) is 0.973. The van der Waals surface area contributed by atoms with Crippen LogP contribution in [0.3, 0.4) is 0 Å². The van der Waals surface area contributed by atoms with Crippen LogP contribution in [0.2, 0.25) is 0 Å². The third kappa shape index (κ3) is 1.89. The fraction of sp³-hybridized carbons (Fsp3) is 0.333. The maximum Gasteiger partial charge on any atom is 0.0890 e. The normalized spacial score (nSPS) is 12.9. The van der Waals surface area contributed by atoms with Gasteiger partial charge in [0, 0.05) is 12.5 Å². The molecule has 1 aromatic carbocycles. The zero-order valence-corrected chi connectivity index (χ0v) is 9.22. The van der Waals surface area contributed by atoms with Crippen molar-refractivity contribution in [1.82, 2.24) is 9.97 Å². The zero-order chi connectivity index (χ0) is 11.5. The van der Waals surface area contributed by atoms with Gasteiger partial charge in [0.15, 0.2) is 0 Å². The van der Waals surface area contributed by atoms with Crippen molar-refractivity contribution >= 4 is 11.0 Å². The Morgan fingerprint density at radius 2 is 1.88 bits per heavy atom. The van der Waals surface area contributed by atoms with E-state index in [1.165, 1.54) is 0 Å².